The van der Waals surface area contributed by atoms with Crippen LogP contribution in [0, 0.1) is 12.8 Å². The third-order valence-electron chi connectivity index (χ3n) is 5.82. The molecule has 1 aliphatic heterocycles. The van der Waals surface area contributed by atoms with Crippen molar-refractivity contribution in [3.63, 3.8) is 0 Å². The number of nitrogens with one attached hydrogen (secondary N) is 1. The van der Waals surface area contributed by atoms with Crippen LogP contribution in [-0.4, -0.2) is 37.4 Å². The molecule has 34 heavy (non-hydrogen) atoms. The van der Waals surface area contributed by atoms with Crippen LogP contribution in [0.4, 0.5) is 13.2 Å². The van der Waals surface area contributed by atoms with Gasteiger partial charge in [-0.15, -0.1) is 0 Å². The van der Waals surface area contributed by atoms with Crippen LogP contribution in [0.25, 0.3) is 22.6 Å². The first kappa shape index (κ1) is 23.8. The Morgan fingerprint density at radius 3 is 2.35 bits per heavy atom. The van der Waals surface area contributed by atoms with Gasteiger partial charge in [0.25, 0.3) is 5.91 Å². The fourth-order valence-corrected chi connectivity index (χ4v) is 3.80. The zero-order valence-electron chi connectivity index (χ0n) is 18.7. The highest BCUT2D eigenvalue weighted by Crippen LogP contribution is 2.34. The van der Waals surface area contributed by atoms with Crippen molar-refractivity contribution < 1.29 is 32.0 Å². The summed E-state index contributed by atoms with van der Waals surface area (Å²) in [5.41, 5.74) is 1.84. The number of rotatable bonds is 7. The Bertz CT molecular complexity index is 1100. The Kier molecular flexibility index (Phi) is 7.21. The van der Waals surface area contributed by atoms with Gasteiger partial charge in [-0.05, 0) is 62.1 Å². The minimum Gasteiger partial charge on any atom is -0.484 e. The number of halogens is 3. The molecule has 0 atom stereocenters. The van der Waals surface area contributed by atoms with E-state index in [1.165, 1.54) is 12.1 Å². The summed E-state index contributed by atoms with van der Waals surface area (Å²) in [5.74, 6) is 1.21. The van der Waals surface area contributed by atoms with E-state index in [4.69, 9.17) is 14.0 Å². The highest BCUT2D eigenvalue weighted by molar-refractivity contribution is 5.77. The van der Waals surface area contributed by atoms with Gasteiger partial charge in [0.15, 0.2) is 12.4 Å². The van der Waals surface area contributed by atoms with Crippen LogP contribution in [0.3, 0.4) is 0 Å². The Morgan fingerprint density at radius 1 is 1.06 bits per heavy atom. The van der Waals surface area contributed by atoms with Crippen LogP contribution >= 0.6 is 0 Å². The summed E-state index contributed by atoms with van der Waals surface area (Å²) in [4.78, 5) is 12.1. The van der Waals surface area contributed by atoms with Crippen LogP contribution in [0.1, 0.15) is 24.0 Å². The molecular weight excluding hydrogens is 449 g/mol. The lowest BCUT2D eigenvalue weighted by Crippen LogP contribution is -2.35. The summed E-state index contributed by atoms with van der Waals surface area (Å²) in [6.07, 6.45) is -2.50. The van der Waals surface area contributed by atoms with Gasteiger partial charge in [0.1, 0.15) is 11.4 Å². The highest BCUT2D eigenvalue weighted by atomic mass is 19.4. The van der Waals surface area contributed by atoms with Gasteiger partial charge in [0.2, 0.25) is 0 Å². The maximum Gasteiger partial charge on any atom is 0.416 e. The number of carbonyl (C=O) groups is 1. The molecule has 0 aliphatic carbocycles. The molecule has 4 rings (SSSR count). The van der Waals surface area contributed by atoms with Crippen LogP contribution in [-0.2, 0) is 15.7 Å². The fraction of sp³-hybridized carbons (Fsp3) is 0.360. The predicted molar refractivity (Wildman–Crippen MR) is 119 cm³/mol. The number of nitrogens with zero attached hydrogens (tertiary/aromatic N) is 1. The molecule has 180 valence electrons. The van der Waals surface area contributed by atoms with Gasteiger partial charge in [-0.3, -0.25) is 4.79 Å². The number of hydrogen-bond acceptors (Lipinski definition) is 5. The number of benzene rings is 2. The predicted octanol–water partition coefficient (Wildman–Crippen LogP) is 5.26. The number of carbonyl (C=O) groups excluding carboxylic acids is 1. The first-order chi connectivity index (χ1) is 16.3. The molecule has 2 heterocycles. The second kappa shape index (κ2) is 10.3. The summed E-state index contributed by atoms with van der Waals surface area (Å²) in [6, 6.07) is 11.8. The number of ether oxygens (including phenoxy) is 2. The largest absolute Gasteiger partial charge is 0.484 e. The minimum absolute atomic E-state index is 0.0797. The van der Waals surface area contributed by atoms with Crippen molar-refractivity contribution >= 4 is 5.91 Å². The maximum atomic E-state index is 12.8. The molecule has 1 aromatic heterocycles. The summed E-state index contributed by atoms with van der Waals surface area (Å²) >= 11 is 0. The van der Waals surface area contributed by atoms with Crippen molar-refractivity contribution in [2.24, 2.45) is 5.92 Å². The van der Waals surface area contributed by atoms with Gasteiger partial charge in [-0.25, -0.2) is 0 Å². The van der Waals surface area contributed by atoms with E-state index in [2.05, 4.69) is 10.5 Å². The summed E-state index contributed by atoms with van der Waals surface area (Å²) < 4.78 is 54.7. The van der Waals surface area contributed by atoms with Crippen molar-refractivity contribution in [3.8, 4) is 28.3 Å². The minimum atomic E-state index is -4.39. The molecule has 0 bridgehead atoms. The molecule has 2 aromatic carbocycles. The van der Waals surface area contributed by atoms with E-state index in [0.29, 0.717) is 40.8 Å². The summed E-state index contributed by atoms with van der Waals surface area (Å²) in [5, 5.41) is 6.99. The first-order valence-electron chi connectivity index (χ1n) is 11.0. The van der Waals surface area contributed by atoms with E-state index in [0.717, 1.165) is 43.8 Å². The molecule has 1 amide bonds. The average molecular weight is 474 g/mol. The Hall–Kier alpha value is -3.33. The molecule has 6 nitrogen and oxygen atoms in total. The zero-order valence-corrected chi connectivity index (χ0v) is 18.7. The van der Waals surface area contributed by atoms with Gasteiger partial charge in [-0.1, -0.05) is 17.3 Å². The SMILES string of the molecule is Cc1c(-c2ccc(OCC(=O)NCC3CCOCC3)cc2)noc1-c1ccc(C(F)(F)F)cc1. The van der Waals surface area contributed by atoms with Crippen molar-refractivity contribution in [1.29, 1.82) is 0 Å². The molecule has 1 aliphatic rings. The number of amides is 1. The lowest BCUT2D eigenvalue weighted by Gasteiger charge is -2.22. The van der Waals surface area contributed by atoms with Crippen LogP contribution in [0.2, 0.25) is 0 Å². The van der Waals surface area contributed by atoms with Gasteiger partial charge in [0.05, 0.1) is 5.56 Å². The average Bonchev–Trinajstić information content (AvgIpc) is 3.23. The smallest absolute Gasteiger partial charge is 0.416 e. The standard InChI is InChI=1S/C25H25F3N2O4/c1-16-23(30-34-24(16)19-2-6-20(7-3-19)25(26,27)28)18-4-8-21(9-5-18)33-15-22(31)29-14-17-10-12-32-13-11-17/h2-9,17H,10-15H2,1H3,(H,29,31). The molecule has 0 radical (unpaired) electrons. The van der Waals surface area contributed by atoms with E-state index in [-0.39, 0.29) is 12.5 Å². The van der Waals surface area contributed by atoms with Crippen LogP contribution in [0.15, 0.2) is 53.1 Å². The van der Waals surface area contributed by atoms with Crippen LogP contribution < -0.4 is 10.1 Å². The van der Waals surface area contributed by atoms with Gasteiger partial charge >= 0.3 is 6.18 Å². The lowest BCUT2D eigenvalue weighted by molar-refractivity contribution is -0.137. The Labute approximate surface area is 195 Å². The van der Waals surface area contributed by atoms with Gasteiger partial charge in [0, 0.05) is 36.4 Å². The van der Waals surface area contributed by atoms with Crippen molar-refractivity contribution in [1.82, 2.24) is 10.5 Å². The van der Waals surface area contributed by atoms with Crippen molar-refractivity contribution in [2.45, 2.75) is 25.9 Å². The van der Waals surface area contributed by atoms with E-state index < -0.39 is 11.7 Å². The highest BCUT2D eigenvalue weighted by Gasteiger charge is 2.30. The number of alkyl halides is 3. The van der Waals surface area contributed by atoms with Crippen molar-refractivity contribution in [2.75, 3.05) is 26.4 Å². The molecule has 1 fully saturated rings. The lowest BCUT2D eigenvalue weighted by atomic mass is 10.0. The fourth-order valence-electron chi connectivity index (χ4n) is 3.80. The number of hydrogen-bond donors (Lipinski definition) is 1. The normalized spacial score (nSPS) is 14.7. The van der Waals surface area contributed by atoms with Crippen LogP contribution in [0.5, 0.6) is 5.75 Å². The molecule has 0 unspecified atom stereocenters. The summed E-state index contributed by atoms with van der Waals surface area (Å²) in [7, 11) is 0. The zero-order chi connectivity index (χ0) is 24.1. The molecule has 1 saturated heterocycles. The Morgan fingerprint density at radius 2 is 1.71 bits per heavy atom. The topological polar surface area (TPSA) is 73.6 Å². The third kappa shape index (κ3) is 5.77. The monoisotopic (exact) mass is 474 g/mol. The number of aromatic nitrogens is 1. The second-order valence-corrected chi connectivity index (χ2v) is 8.23. The molecule has 1 N–H and O–H groups in total. The maximum absolute atomic E-state index is 12.8. The summed E-state index contributed by atoms with van der Waals surface area (Å²) in [6.45, 7) is 3.81. The van der Waals surface area contributed by atoms with E-state index in [9.17, 15) is 18.0 Å². The second-order valence-electron chi connectivity index (χ2n) is 8.23. The van der Waals surface area contributed by atoms with E-state index in [1.54, 1.807) is 31.2 Å². The quantitative estimate of drug-likeness (QED) is 0.506. The molecular formula is C25H25F3N2O4. The van der Waals surface area contributed by atoms with Gasteiger partial charge < -0.3 is 19.3 Å². The van der Waals surface area contributed by atoms with Crippen molar-refractivity contribution in [3.05, 3.63) is 59.7 Å². The first-order valence-corrected chi connectivity index (χ1v) is 11.0. The van der Waals surface area contributed by atoms with E-state index >= 15 is 0 Å². The molecule has 0 saturated carbocycles. The molecule has 3 aromatic rings. The molecule has 0 spiro atoms. The Balaban J connectivity index is 1.35. The van der Waals surface area contributed by atoms with Gasteiger partial charge in [-0.2, -0.15) is 13.2 Å². The third-order valence-corrected chi connectivity index (χ3v) is 5.82. The molecule has 9 heteroatoms. The van der Waals surface area contributed by atoms with E-state index in [1.807, 2.05) is 0 Å².